The fourth-order valence-corrected chi connectivity index (χ4v) is 3.31. The second-order valence-corrected chi connectivity index (χ2v) is 7.37. The van der Waals surface area contributed by atoms with Gasteiger partial charge >= 0.3 is 5.97 Å². The van der Waals surface area contributed by atoms with Crippen LogP contribution in [0.2, 0.25) is 0 Å². The Morgan fingerprint density at radius 3 is 2.61 bits per heavy atom. The van der Waals surface area contributed by atoms with Crippen LogP contribution in [0.25, 0.3) is 5.52 Å². The van der Waals surface area contributed by atoms with Gasteiger partial charge in [-0.3, -0.25) is 4.79 Å². The number of pyridine rings is 1. The second-order valence-electron chi connectivity index (χ2n) is 7.37. The lowest BCUT2D eigenvalue weighted by Gasteiger charge is -2.21. The largest absolute Gasteiger partial charge is 0.493 e. The molecule has 3 aromatic rings. The average molecular weight is 419 g/mol. The van der Waals surface area contributed by atoms with Gasteiger partial charge in [0.25, 0.3) is 5.91 Å². The van der Waals surface area contributed by atoms with Gasteiger partial charge in [-0.05, 0) is 37.1 Å². The minimum atomic E-state index is -0.843. The molecule has 1 aromatic carbocycles. The Balaban J connectivity index is 1.73. The molecule has 0 fully saturated rings. The van der Waals surface area contributed by atoms with Crippen LogP contribution in [0.3, 0.4) is 0 Å². The number of esters is 1. The lowest BCUT2D eigenvalue weighted by atomic mass is 10.0. The number of nitrogens with zero attached hydrogens (tertiary/aromatic N) is 2. The van der Waals surface area contributed by atoms with E-state index >= 15 is 0 Å². The van der Waals surface area contributed by atoms with E-state index in [9.17, 15) is 14.9 Å². The van der Waals surface area contributed by atoms with Gasteiger partial charge in [0.2, 0.25) is 0 Å². The first-order valence-electron chi connectivity index (χ1n) is 10.1. The SMILES string of the molecule is CCOc1ccccc1C(=O)N[C@H](C(=O)OCc1cn2ccccc2c1C#N)C(C)C. The van der Waals surface area contributed by atoms with Gasteiger partial charge in [-0.15, -0.1) is 0 Å². The van der Waals surface area contributed by atoms with Crippen LogP contribution >= 0.6 is 0 Å². The minimum absolute atomic E-state index is 0.0575. The maximum Gasteiger partial charge on any atom is 0.329 e. The molecule has 0 aliphatic carbocycles. The standard InChI is InChI=1S/C24H25N3O4/c1-4-30-21-11-6-5-9-18(21)23(28)26-22(16(2)3)24(29)31-15-17-14-27-12-8-7-10-20(27)19(17)13-25/h5-12,14,16,22H,4,15H2,1-3H3,(H,26,28)/t22-/m0/s1. The van der Waals surface area contributed by atoms with Crippen molar-refractivity contribution >= 4 is 17.4 Å². The number of para-hydroxylation sites is 1. The number of hydrogen-bond donors (Lipinski definition) is 1. The number of aromatic nitrogens is 1. The smallest absolute Gasteiger partial charge is 0.329 e. The van der Waals surface area contributed by atoms with E-state index in [1.54, 1.807) is 30.5 Å². The van der Waals surface area contributed by atoms with E-state index < -0.39 is 17.9 Å². The summed E-state index contributed by atoms with van der Waals surface area (Å²) in [7, 11) is 0. The van der Waals surface area contributed by atoms with E-state index in [1.807, 2.05) is 49.6 Å². The molecule has 0 unspecified atom stereocenters. The van der Waals surface area contributed by atoms with E-state index in [4.69, 9.17) is 9.47 Å². The number of amides is 1. The van der Waals surface area contributed by atoms with Gasteiger partial charge in [-0.1, -0.05) is 32.0 Å². The molecule has 0 aliphatic rings. The van der Waals surface area contributed by atoms with Crippen LogP contribution in [0.1, 0.15) is 42.3 Å². The zero-order valence-corrected chi connectivity index (χ0v) is 17.8. The van der Waals surface area contributed by atoms with E-state index in [0.29, 0.717) is 29.0 Å². The number of fused-ring (bicyclic) bond motifs is 1. The first kappa shape index (κ1) is 21.9. The van der Waals surface area contributed by atoms with Gasteiger partial charge in [-0.25, -0.2) is 4.79 Å². The molecule has 3 rings (SSSR count). The molecule has 1 atom stereocenters. The molecule has 7 heteroatoms. The fourth-order valence-electron chi connectivity index (χ4n) is 3.31. The maximum atomic E-state index is 12.8. The van der Waals surface area contributed by atoms with Crippen molar-refractivity contribution in [3.63, 3.8) is 0 Å². The number of nitriles is 1. The van der Waals surface area contributed by atoms with E-state index in [-0.39, 0.29) is 12.5 Å². The fraction of sp³-hybridized carbons (Fsp3) is 0.292. The molecular weight excluding hydrogens is 394 g/mol. The third-order valence-electron chi connectivity index (χ3n) is 4.88. The van der Waals surface area contributed by atoms with Gasteiger partial charge in [0.1, 0.15) is 24.5 Å². The van der Waals surface area contributed by atoms with Crippen molar-refractivity contribution in [2.24, 2.45) is 5.92 Å². The summed E-state index contributed by atoms with van der Waals surface area (Å²) >= 11 is 0. The number of benzene rings is 1. The molecule has 0 saturated heterocycles. The van der Waals surface area contributed by atoms with Crippen LogP contribution in [-0.4, -0.2) is 28.9 Å². The third kappa shape index (κ3) is 4.86. The average Bonchev–Trinajstić information content (AvgIpc) is 3.13. The van der Waals surface area contributed by atoms with E-state index in [1.165, 1.54) is 0 Å². The molecule has 0 spiro atoms. The van der Waals surface area contributed by atoms with Crippen molar-refractivity contribution < 1.29 is 19.1 Å². The lowest BCUT2D eigenvalue weighted by molar-refractivity contribution is -0.148. The quantitative estimate of drug-likeness (QED) is 0.562. The maximum absolute atomic E-state index is 12.8. The molecule has 160 valence electrons. The van der Waals surface area contributed by atoms with Gasteiger partial charge in [-0.2, -0.15) is 5.26 Å². The number of carbonyl (C=O) groups excluding carboxylic acids is 2. The highest BCUT2D eigenvalue weighted by Gasteiger charge is 2.27. The molecule has 2 heterocycles. The summed E-state index contributed by atoms with van der Waals surface area (Å²) in [5.74, 6) is -0.708. The summed E-state index contributed by atoms with van der Waals surface area (Å²) in [5.41, 5.74) is 2.17. The van der Waals surface area contributed by atoms with Crippen LogP contribution < -0.4 is 10.1 Å². The van der Waals surface area contributed by atoms with E-state index in [2.05, 4.69) is 11.4 Å². The van der Waals surface area contributed by atoms with Crippen LogP contribution in [0.5, 0.6) is 5.75 Å². The van der Waals surface area contributed by atoms with Gasteiger partial charge < -0.3 is 19.2 Å². The molecule has 7 nitrogen and oxygen atoms in total. The zero-order chi connectivity index (χ0) is 22.4. The van der Waals surface area contributed by atoms with Gasteiger partial charge in [0.15, 0.2) is 0 Å². The van der Waals surface area contributed by atoms with Crippen molar-refractivity contribution in [2.45, 2.75) is 33.4 Å². The third-order valence-corrected chi connectivity index (χ3v) is 4.88. The molecule has 0 saturated carbocycles. The van der Waals surface area contributed by atoms with Crippen molar-refractivity contribution in [2.75, 3.05) is 6.61 Å². The highest BCUT2D eigenvalue weighted by Crippen LogP contribution is 2.20. The Labute approximate surface area is 181 Å². The predicted molar refractivity (Wildman–Crippen MR) is 116 cm³/mol. The van der Waals surface area contributed by atoms with Crippen molar-refractivity contribution in [1.82, 2.24) is 9.72 Å². The lowest BCUT2D eigenvalue weighted by Crippen LogP contribution is -2.45. The monoisotopic (exact) mass is 419 g/mol. The Bertz CT molecular complexity index is 1130. The molecule has 31 heavy (non-hydrogen) atoms. The summed E-state index contributed by atoms with van der Waals surface area (Å²) in [6.07, 6.45) is 3.59. The molecule has 0 radical (unpaired) electrons. The van der Waals surface area contributed by atoms with Crippen LogP contribution in [-0.2, 0) is 16.1 Å². The Kier molecular flexibility index (Phi) is 6.93. The summed E-state index contributed by atoms with van der Waals surface area (Å²) in [4.78, 5) is 25.6. The van der Waals surface area contributed by atoms with Crippen molar-refractivity contribution in [3.05, 3.63) is 71.5 Å². The molecule has 0 aliphatic heterocycles. The Hall–Kier alpha value is -3.79. The number of hydrogen-bond acceptors (Lipinski definition) is 5. The molecule has 0 bridgehead atoms. The second kappa shape index (κ2) is 9.81. The summed E-state index contributed by atoms with van der Waals surface area (Å²) in [6, 6.07) is 13.7. The summed E-state index contributed by atoms with van der Waals surface area (Å²) in [6.45, 7) is 5.86. The molecule has 2 aromatic heterocycles. The Morgan fingerprint density at radius 2 is 1.90 bits per heavy atom. The number of ether oxygens (including phenoxy) is 2. The summed E-state index contributed by atoms with van der Waals surface area (Å²) < 4.78 is 12.8. The number of nitrogens with one attached hydrogen (secondary N) is 1. The Morgan fingerprint density at radius 1 is 1.16 bits per heavy atom. The highest BCUT2D eigenvalue weighted by molar-refractivity contribution is 5.99. The van der Waals surface area contributed by atoms with Crippen molar-refractivity contribution in [1.29, 1.82) is 5.26 Å². The number of carbonyl (C=O) groups is 2. The van der Waals surface area contributed by atoms with Crippen LogP contribution in [0.4, 0.5) is 0 Å². The van der Waals surface area contributed by atoms with Gasteiger partial charge in [0, 0.05) is 18.0 Å². The first-order valence-corrected chi connectivity index (χ1v) is 10.1. The molecular formula is C24H25N3O4. The topological polar surface area (TPSA) is 92.8 Å². The molecule has 1 amide bonds. The van der Waals surface area contributed by atoms with E-state index in [0.717, 1.165) is 5.52 Å². The predicted octanol–water partition coefficient (Wildman–Crippen LogP) is 3.71. The summed E-state index contributed by atoms with van der Waals surface area (Å²) in [5, 5.41) is 12.3. The van der Waals surface area contributed by atoms with Crippen LogP contribution in [0.15, 0.2) is 54.9 Å². The normalized spacial score (nSPS) is 11.7. The molecule has 1 N–H and O–H groups in total. The highest BCUT2D eigenvalue weighted by atomic mass is 16.5. The zero-order valence-electron chi connectivity index (χ0n) is 17.8. The van der Waals surface area contributed by atoms with Crippen LogP contribution in [0, 0.1) is 17.2 Å². The van der Waals surface area contributed by atoms with Gasteiger partial charge in [0.05, 0.1) is 23.3 Å². The van der Waals surface area contributed by atoms with Crippen molar-refractivity contribution in [3.8, 4) is 11.8 Å². The number of rotatable bonds is 8. The minimum Gasteiger partial charge on any atom is -0.493 e. The first-order chi connectivity index (χ1) is 15.0.